The molecule has 0 unspecified atom stereocenters. The summed E-state index contributed by atoms with van der Waals surface area (Å²) in [5.41, 5.74) is 0.364. The number of benzene rings is 1. The molecule has 1 fully saturated rings. The number of ether oxygens (including phenoxy) is 1. The van der Waals surface area contributed by atoms with Gasteiger partial charge in [-0.2, -0.15) is 0 Å². The summed E-state index contributed by atoms with van der Waals surface area (Å²) in [6.45, 7) is 3.26. The van der Waals surface area contributed by atoms with Crippen molar-refractivity contribution < 1.29 is 22.7 Å². The first kappa shape index (κ1) is 19.4. The Morgan fingerprint density at radius 2 is 1.84 bits per heavy atom. The largest absolute Gasteiger partial charge is 0.381 e. The minimum atomic E-state index is -3.28. The van der Waals surface area contributed by atoms with E-state index >= 15 is 0 Å². The highest BCUT2D eigenvalue weighted by Crippen LogP contribution is 2.28. The lowest BCUT2D eigenvalue weighted by Crippen LogP contribution is -2.36. The molecule has 0 aliphatic heterocycles. The SMILES string of the molecule is CCS(=O)(=O)c1ccc(NC(=O)C(=O)NCCCOCC2CC2)cc1. The van der Waals surface area contributed by atoms with E-state index in [9.17, 15) is 18.0 Å². The molecule has 1 aliphatic carbocycles. The zero-order valence-corrected chi connectivity index (χ0v) is 15.1. The van der Waals surface area contributed by atoms with Crippen molar-refractivity contribution in [2.24, 2.45) is 5.92 Å². The summed E-state index contributed by atoms with van der Waals surface area (Å²) in [5, 5.41) is 4.96. The van der Waals surface area contributed by atoms with E-state index in [1.807, 2.05) is 0 Å². The normalized spacial score (nSPS) is 14.1. The molecule has 0 aromatic heterocycles. The molecule has 1 aromatic carbocycles. The van der Waals surface area contributed by atoms with Gasteiger partial charge in [-0.05, 0) is 49.4 Å². The van der Waals surface area contributed by atoms with Crippen molar-refractivity contribution in [3.63, 3.8) is 0 Å². The molecule has 0 saturated heterocycles. The van der Waals surface area contributed by atoms with Gasteiger partial charge in [-0.3, -0.25) is 9.59 Å². The average molecular weight is 368 g/mol. The monoisotopic (exact) mass is 368 g/mol. The summed E-state index contributed by atoms with van der Waals surface area (Å²) >= 11 is 0. The molecule has 2 rings (SSSR count). The summed E-state index contributed by atoms with van der Waals surface area (Å²) in [6, 6.07) is 5.73. The molecule has 25 heavy (non-hydrogen) atoms. The summed E-state index contributed by atoms with van der Waals surface area (Å²) in [7, 11) is -3.28. The molecule has 0 bridgehead atoms. The van der Waals surface area contributed by atoms with Crippen LogP contribution in [0, 0.1) is 5.92 Å². The Hall–Kier alpha value is -1.93. The maximum Gasteiger partial charge on any atom is 0.313 e. The van der Waals surface area contributed by atoms with Crippen LogP contribution in [-0.4, -0.2) is 45.7 Å². The third kappa shape index (κ3) is 6.47. The fraction of sp³-hybridized carbons (Fsp3) is 0.529. The molecule has 138 valence electrons. The van der Waals surface area contributed by atoms with Gasteiger partial charge in [0, 0.05) is 25.4 Å². The Bertz CT molecular complexity index is 696. The lowest BCUT2D eigenvalue weighted by Gasteiger charge is -2.08. The Morgan fingerprint density at radius 1 is 1.16 bits per heavy atom. The van der Waals surface area contributed by atoms with Crippen molar-refractivity contribution in [3.05, 3.63) is 24.3 Å². The molecule has 2 amide bonds. The van der Waals surface area contributed by atoms with Crippen LogP contribution in [0.15, 0.2) is 29.2 Å². The highest BCUT2D eigenvalue weighted by molar-refractivity contribution is 7.91. The lowest BCUT2D eigenvalue weighted by molar-refractivity contribution is -0.136. The van der Waals surface area contributed by atoms with Crippen LogP contribution in [0.3, 0.4) is 0 Å². The zero-order chi connectivity index (χ0) is 18.3. The summed E-state index contributed by atoms with van der Waals surface area (Å²) in [4.78, 5) is 23.7. The van der Waals surface area contributed by atoms with Crippen LogP contribution in [0.4, 0.5) is 5.69 Å². The van der Waals surface area contributed by atoms with Gasteiger partial charge in [0.1, 0.15) is 0 Å². The van der Waals surface area contributed by atoms with Crippen LogP contribution in [-0.2, 0) is 24.2 Å². The standard InChI is InChI=1S/C17H24N2O5S/c1-2-25(22,23)15-8-6-14(7-9-15)19-17(21)16(20)18-10-3-11-24-12-13-4-5-13/h6-9,13H,2-5,10-12H2,1H3,(H,18,20)(H,19,21). The van der Waals surface area contributed by atoms with Crippen molar-refractivity contribution in [1.29, 1.82) is 0 Å². The quantitative estimate of drug-likeness (QED) is 0.506. The van der Waals surface area contributed by atoms with Crippen LogP contribution in [0.1, 0.15) is 26.2 Å². The van der Waals surface area contributed by atoms with E-state index in [4.69, 9.17) is 4.74 Å². The maximum atomic E-state index is 11.8. The molecule has 1 aromatic rings. The van der Waals surface area contributed by atoms with E-state index < -0.39 is 21.7 Å². The fourth-order valence-corrected chi connectivity index (χ4v) is 2.98. The predicted octanol–water partition coefficient (Wildman–Crippen LogP) is 1.35. The number of rotatable bonds is 9. The summed E-state index contributed by atoms with van der Waals surface area (Å²) in [6.07, 6.45) is 3.12. The molecule has 0 atom stereocenters. The van der Waals surface area contributed by atoms with Gasteiger partial charge >= 0.3 is 11.8 Å². The van der Waals surface area contributed by atoms with Gasteiger partial charge in [0.25, 0.3) is 0 Å². The Balaban J connectivity index is 1.69. The van der Waals surface area contributed by atoms with E-state index in [1.54, 1.807) is 6.92 Å². The average Bonchev–Trinajstić information content (AvgIpc) is 3.42. The van der Waals surface area contributed by atoms with Crippen molar-refractivity contribution in [3.8, 4) is 0 Å². The van der Waals surface area contributed by atoms with Crippen LogP contribution < -0.4 is 10.6 Å². The summed E-state index contributed by atoms with van der Waals surface area (Å²) < 4.78 is 28.9. The molecule has 7 nitrogen and oxygen atoms in total. The third-order valence-corrected chi connectivity index (χ3v) is 5.61. The van der Waals surface area contributed by atoms with Crippen molar-refractivity contribution in [1.82, 2.24) is 5.32 Å². The zero-order valence-electron chi connectivity index (χ0n) is 14.3. The Kier molecular flexibility index (Phi) is 6.95. The summed E-state index contributed by atoms with van der Waals surface area (Å²) in [5.74, 6) is -0.803. The molecule has 0 heterocycles. The van der Waals surface area contributed by atoms with Crippen LogP contribution in [0.2, 0.25) is 0 Å². The van der Waals surface area contributed by atoms with Gasteiger partial charge in [-0.25, -0.2) is 8.42 Å². The number of carbonyl (C=O) groups is 2. The van der Waals surface area contributed by atoms with Crippen LogP contribution >= 0.6 is 0 Å². The molecule has 1 aliphatic rings. The number of amides is 2. The molecule has 8 heteroatoms. The van der Waals surface area contributed by atoms with Crippen LogP contribution in [0.5, 0.6) is 0 Å². The van der Waals surface area contributed by atoms with Gasteiger partial charge in [0.15, 0.2) is 9.84 Å². The number of nitrogens with one attached hydrogen (secondary N) is 2. The first-order chi connectivity index (χ1) is 11.9. The first-order valence-electron chi connectivity index (χ1n) is 8.42. The molecule has 1 saturated carbocycles. The number of hydrogen-bond acceptors (Lipinski definition) is 5. The van der Waals surface area contributed by atoms with E-state index in [0.717, 1.165) is 6.61 Å². The smallest absolute Gasteiger partial charge is 0.313 e. The van der Waals surface area contributed by atoms with Gasteiger partial charge in [-0.1, -0.05) is 6.92 Å². The van der Waals surface area contributed by atoms with E-state index in [2.05, 4.69) is 10.6 Å². The molecule has 0 radical (unpaired) electrons. The van der Waals surface area contributed by atoms with Crippen molar-refractivity contribution in [2.45, 2.75) is 31.1 Å². The van der Waals surface area contributed by atoms with Gasteiger partial charge < -0.3 is 15.4 Å². The van der Waals surface area contributed by atoms with Crippen molar-refractivity contribution in [2.75, 3.05) is 30.8 Å². The first-order valence-corrected chi connectivity index (χ1v) is 10.1. The van der Waals surface area contributed by atoms with E-state index in [0.29, 0.717) is 31.2 Å². The fourth-order valence-electron chi connectivity index (χ4n) is 2.09. The Labute approximate surface area is 148 Å². The highest BCUT2D eigenvalue weighted by Gasteiger charge is 2.21. The van der Waals surface area contributed by atoms with Crippen LogP contribution in [0.25, 0.3) is 0 Å². The molecular weight excluding hydrogens is 344 g/mol. The van der Waals surface area contributed by atoms with Gasteiger partial charge in [-0.15, -0.1) is 0 Å². The topological polar surface area (TPSA) is 102 Å². The highest BCUT2D eigenvalue weighted by atomic mass is 32.2. The molecule has 0 spiro atoms. The van der Waals surface area contributed by atoms with Gasteiger partial charge in [0.2, 0.25) is 0 Å². The predicted molar refractivity (Wildman–Crippen MR) is 94.0 cm³/mol. The second-order valence-corrected chi connectivity index (χ2v) is 8.29. The van der Waals surface area contributed by atoms with E-state index in [-0.39, 0.29) is 10.6 Å². The lowest BCUT2D eigenvalue weighted by atomic mass is 10.3. The number of carbonyl (C=O) groups excluding carboxylic acids is 2. The van der Waals surface area contributed by atoms with Gasteiger partial charge in [0.05, 0.1) is 10.6 Å². The molecule has 2 N–H and O–H groups in total. The number of sulfone groups is 1. The molecular formula is C17H24N2O5S. The minimum absolute atomic E-state index is 0.00544. The minimum Gasteiger partial charge on any atom is -0.381 e. The number of anilines is 1. The second kappa shape index (κ2) is 8.96. The Morgan fingerprint density at radius 3 is 2.44 bits per heavy atom. The second-order valence-electron chi connectivity index (χ2n) is 6.01. The van der Waals surface area contributed by atoms with E-state index in [1.165, 1.54) is 37.1 Å². The third-order valence-electron chi connectivity index (χ3n) is 3.86. The maximum absolute atomic E-state index is 11.8. The van der Waals surface area contributed by atoms with Crippen molar-refractivity contribution >= 4 is 27.3 Å². The number of hydrogen-bond donors (Lipinski definition) is 2.